The maximum Gasteiger partial charge on any atom is 0.343 e. The van der Waals surface area contributed by atoms with Crippen molar-refractivity contribution in [3.8, 4) is 5.75 Å². The van der Waals surface area contributed by atoms with Crippen LogP contribution in [-0.4, -0.2) is 23.6 Å². The predicted octanol–water partition coefficient (Wildman–Crippen LogP) is 4.22. The zero-order valence-corrected chi connectivity index (χ0v) is 16.3. The van der Waals surface area contributed by atoms with Gasteiger partial charge in [0.15, 0.2) is 5.78 Å². The topological polar surface area (TPSA) is 80.8 Å². The van der Waals surface area contributed by atoms with Gasteiger partial charge in [0.05, 0.1) is 22.4 Å². The van der Waals surface area contributed by atoms with E-state index in [4.69, 9.17) is 4.74 Å². The van der Waals surface area contributed by atoms with Crippen LogP contribution in [0, 0.1) is 6.92 Å². The molecule has 2 amide bonds. The number of hydrogen-bond donors (Lipinski definition) is 0. The second kappa shape index (κ2) is 7.40. The van der Waals surface area contributed by atoms with Gasteiger partial charge in [-0.1, -0.05) is 17.7 Å². The Balaban J connectivity index is 1.60. The number of esters is 1. The van der Waals surface area contributed by atoms with E-state index in [2.05, 4.69) is 0 Å². The molecule has 0 radical (unpaired) electrons. The van der Waals surface area contributed by atoms with Crippen molar-refractivity contribution in [3.63, 3.8) is 0 Å². The second-order valence-electron chi connectivity index (χ2n) is 7.01. The molecule has 1 aliphatic rings. The molecule has 30 heavy (non-hydrogen) atoms. The molecule has 0 bridgehead atoms. The predicted molar refractivity (Wildman–Crippen MR) is 110 cm³/mol. The van der Waals surface area contributed by atoms with Gasteiger partial charge in [0.1, 0.15) is 5.75 Å². The van der Waals surface area contributed by atoms with Crippen molar-refractivity contribution in [1.82, 2.24) is 0 Å². The van der Waals surface area contributed by atoms with Gasteiger partial charge in [-0.3, -0.25) is 14.4 Å². The summed E-state index contributed by atoms with van der Waals surface area (Å²) in [7, 11) is 0. The summed E-state index contributed by atoms with van der Waals surface area (Å²) in [4.78, 5) is 50.6. The third-order valence-electron chi connectivity index (χ3n) is 4.89. The third-order valence-corrected chi connectivity index (χ3v) is 4.89. The lowest BCUT2D eigenvalue weighted by atomic mass is 10.1. The summed E-state index contributed by atoms with van der Waals surface area (Å²) in [6.45, 7) is 3.36. The number of carbonyl (C=O) groups is 4. The van der Waals surface area contributed by atoms with E-state index >= 15 is 0 Å². The number of nitrogens with zero attached hydrogens (tertiary/aromatic N) is 1. The highest BCUT2D eigenvalue weighted by atomic mass is 16.5. The van der Waals surface area contributed by atoms with Crippen LogP contribution in [0.4, 0.5) is 5.69 Å². The Hall–Kier alpha value is -4.06. The number of ketones is 1. The molecule has 148 valence electrons. The van der Waals surface area contributed by atoms with Crippen LogP contribution < -0.4 is 9.64 Å². The number of fused-ring (bicyclic) bond motifs is 1. The van der Waals surface area contributed by atoms with E-state index in [1.54, 1.807) is 36.4 Å². The van der Waals surface area contributed by atoms with Crippen LogP contribution in [0.1, 0.15) is 53.9 Å². The molecule has 0 aliphatic carbocycles. The molecule has 4 rings (SSSR count). The van der Waals surface area contributed by atoms with Crippen LogP contribution in [0.3, 0.4) is 0 Å². The fourth-order valence-electron chi connectivity index (χ4n) is 3.22. The standard InChI is InChI=1S/C24H17NO5/c1-14-3-10-19(11-4-14)30-24(29)17-7-12-20-21(13-17)23(28)25(22(20)27)18-8-5-16(6-9-18)15(2)26/h3-13H,1-2H3. The highest BCUT2D eigenvalue weighted by molar-refractivity contribution is 6.34. The normalized spacial score (nSPS) is 12.7. The Morgan fingerprint density at radius 1 is 0.767 bits per heavy atom. The molecule has 6 heteroatoms. The summed E-state index contributed by atoms with van der Waals surface area (Å²) in [6, 6.07) is 17.5. The van der Waals surface area contributed by atoms with Gasteiger partial charge in [-0.25, -0.2) is 9.69 Å². The van der Waals surface area contributed by atoms with Gasteiger partial charge >= 0.3 is 5.97 Å². The summed E-state index contributed by atoms with van der Waals surface area (Å²) in [5, 5.41) is 0. The van der Waals surface area contributed by atoms with Crippen molar-refractivity contribution < 1.29 is 23.9 Å². The van der Waals surface area contributed by atoms with Crippen molar-refractivity contribution in [2.75, 3.05) is 4.90 Å². The number of anilines is 1. The highest BCUT2D eigenvalue weighted by Crippen LogP contribution is 2.29. The van der Waals surface area contributed by atoms with Crippen LogP contribution in [0.5, 0.6) is 5.75 Å². The maximum atomic E-state index is 12.9. The minimum atomic E-state index is -0.619. The number of hydrogen-bond acceptors (Lipinski definition) is 5. The Kier molecular flexibility index (Phi) is 4.75. The molecule has 1 aliphatic heterocycles. The SMILES string of the molecule is CC(=O)c1ccc(N2C(=O)c3ccc(C(=O)Oc4ccc(C)cc4)cc3C2=O)cc1. The molecule has 0 aromatic heterocycles. The largest absolute Gasteiger partial charge is 0.423 e. The molecule has 1 heterocycles. The van der Waals surface area contributed by atoms with Crippen molar-refractivity contribution in [3.05, 3.63) is 94.5 Å². The monoisotopic (exact) mass is 399 g/mol. The van der Waals surface area contributed by atoms with Crippen molar-refractivity contribution in [2.24, 2.45) is 0 Å². The lowest BCUT2D eigenvalue weighted by molar-refractivity contribution is 0.0734. The second-order valence-corrected chi connectivity index (χ2v) is 7.01. The molecule has 6 nitrogen and oxygen atoms in total. The van der Waals surface area contributed by atoms with Gasteiger partial charge in [0.2, 0.25) is 0 Å². The molecule has 0 fully saturated rings. The first-order valence-corrected chi connectivity index (χ1v) is 9.28. The van der Waals surface area contributed by atoms with Crippen molar-refractivity contribution in [2.45, 2.75) is 13.8 Å². The van der Waals surface area contributed by atoms with E-state index in [0.29, 0.717) is 17.0 Å². The molecule has 0 unspecified atom stereocenters. The van der Waals surface area contributed by atoms with E-state index in [1.165, 1.54) is 25.1 Å². The summed E-state index contributed by atoms with van der Waals surface area (Å²) >= 11 is 0. The third kappa shape index (κ3) is 3.39. The van der Waals surface area contributed by atoms with E-state index in [1.807, 2.05) is 19.1 Å². The highest BCUT2D eigenvalue weighted by Gasteiger charge is 2.37. The molecular formula is C24H17NO5. The first-order chi connectivity index (χ1) is 14.3. The van der Waals surface area contributed by atoms with E-state index < -0.39 is 17.8 Å². The van der Waals surface area contributed by atoms with E-state index in [9.17, 15) is 19.2 Å². The molecule has 0 N–H and O–H groups in total. The Morgan fingerprint density at radius 2 is 1.37 bits per heavy atom. The lowest BCUT2D eigenvalue weighted by Crippen LogP contribution is -2.29. The lowest BCUT2D eigenvalue weighted by Gasteiger charge is -2.13. The smallest absolute Gasteiger partial charge is 0.343 e. The van der Waals surface area contributed by atoms with Gasteiger partial charge in [-0.05, 0) is 68.4 Å². The summed E-state index contributed by atoms with van der Waals surface area (Å²) in [5.74, 6) is -1.35. The molecule has 0 spiro atoms. The number of imide groups is 1. The molecule has 3 aromatic rings. The van der Waals surface area contributed by atoms with Gasteiger partial charge in [-0.15, -0.1) is 0 Å². The average Bonchev–Trinajstić information content (AvgIpc) is 2.99. The number of rotatable bonds is 4. The minimum absolute atomic E-state index is 0.111. The van der Waals surface area contributed by atoms with Crippen LogP contribution in [-0.2, 0) is 0 Å². The fourth-order valence-corrected chi connectivity index (χ4v) is 3.22. The zero-order valence-electron chi connectivity index (χ0n) is 16.3. The number of amides is 2. The number of aryl methyl sites for hydroxylation is 1. The molecule has 3 aromatic carbocycles. The number of benzene rings is 3. The van der Waals surface area contributed by atoms with Crippen LogP contribution in [0.25, 0.3) is 0 Å². The van der Waals surface area contributed by atoms with Crippen LogP contribution >= 0.6 is 0 Å². The maximum absolute atomic E-state index is 12.9. The first kappa shape index (κ1) is 19.3. The molecule has 0 saturated carbocycles. The summed E-state index contributed by atoms with van der Waals surface area (Å²) in [5.41, 5.74) is 2.39. The van der Waals surface area contributed by atoms with Crippen molar-refractivity contribution in [1.29, 1.82) is 0 Å². The van der Waals surface area contributed by atoms with Crippen LogP contribution in [0.15, 0.2) is 66.7 Å². The summed E-state index contributed by atoms with van der Waals surface area (Å²) < 4.78 is 5.34. The Labute approximate surface area is 172 Å². The molecule has 0 saturated heterocycles. The minimum Gasteiger partial charge on any atom is -0.423 e. The van der Waals surface area contributed by atoms with E-state index in [-0.39, 0.29) is 22.5 Å². The van der Waals surface area contributed by atoms with Crippen LogP contribution in [0.2, 0.25) is 0 Å². The van der Waals surface area contributed by atoms with Gasteiger partial charge in [-0.2, -0.15) is 0 Å². The average molecular weight is 399 g/mol. The Morgan fingerprint density at radius 3 is 2.00 bits per heavy atom. The number of carbonyl (C=O) groups excluding carboxylic acids is 4. The van der Waals surface area contributed by atoms with Gasteiger partial charge in [0.25, 0.3) is 11.8 Å². The molecular weight excluding hydrogens is 382 g/mol. The Bertz CT molecular complexity index is 1190. The fraction of sp³-hybridized carbons (Fsp3) is 0.0833. The van der Waals surface area contributed by atoms with Crippen molar-refractivity contribution >= 4 is 29.3 Å². The van der Waals surface area contributed by atoms with Gasteiger partial charge < -0.3 is 4.74 Å². The number of Topliss-reactive ketones (excluding diaryl/α,β-unsaturated/α-hetero) is 1. The van der Waals surface area contributed by atoms with Gasteiger partial charge in [0, 0.05) is 5.56 Å². The van der Waals surface area contributed by atoms with E-state index in [0.717, 1.165) is 10.5 Å². The number of ether oxygens (including phenoxy) is 1. The molecule has 0 atom stereocenters. The summed E-state index contributed by atoms with van der Waals surface area (Å²) in [6.07, 6.45) is 0. The quantitative estimate of drug-likeness (QED) is 0.284. The first-order valence-electron chi connectivity index (χ1n) is 9.28. The zero-order chi connectivity index (χ0) is 21.4.